The van der Waals surface area contributed by atoms with Crippen LogP contribution in [0.4, 0.5) is 5.69 Å². The van der Waals surface area contributed by atoms with Gasteiger partial charge in [0, 0.05) is 5.69 Å². The van der Waals surface area contributed by atoms with Crippen molar-refractivity contribution >= 4 is 44.8 Å². The summed E-state index contributed by atoms with van der Waals surface area (Å²) in [6.07, 6.45) is -1.28. The van der Waals surface area contributed by atoms with Crippen LogP contribution in [0.1, 0.15) is 33.3 Å². The Morgan fingerprint density at radius 1 is 1.03 bits per heavy atom. The van der Waals surface area contributed by atoms with Crippen molar-refractivity contribution in [2.45, 2.75) is 50.2 Å². The summed E-state index contributed by atoms with van der Waals surface area (Å²) in [5.74, 6) is -0.688. The fourth-order valence-corrected chi connectivity index (χ4v) is 4.18. The second-order valence-corrected chi connectivity index (χ2v) is 10.3. The zero-order chi connectivity index (χ0) is 22.0. The lowest BCUT2D eigenvalue weighted by Crippen LogP contribution is -2.50. The first kappa shape index (κ1) is 23.6. The molecule has 3 N–H and O–H groups in total. The van der Waals surface area contributed by atoms with Crippen LogP contribution in [0.15, 0.2) is 47.4 Å². The predicted octanol–water partition coefficient (Wildman–Crippen LogP) is 3.96. The number of amides is 1. The van der Waals surface area contributed by atoms with Crippen molar-refractivity contribution in [3.63, 3.8) is 0 Å². The summed E-state index contributed by atoms with van der Waals surface area (Å²) in [5.41, 5.74) is 1.53. The van der Waals surface area contributed by atoms with Gasteiger partial charge in [-0.25, -0.2) is 8.42 Å². The highest BCUT2D eigenvalue weighted by atomic mass is 35.5. The summed E-state index contributed by atoms with van der Waals surface area (Å²) < 4.78 is 27.5. The molecule has 2 atom stereocenters. The van der Waals surface area contributed by atoms with Crippen LogP contribution in [0.25, 0.3) is 0 Å². The molecule has 0 aliphatic rings. The molecule has 0 aliphatic carbocycles. The fraction of sp³-hybridized carbons (Fsp3) is 0.350. The van der Waals surface area contributed by atoms with Gasteiger partial charge in [0.15, 0.2) is 0 Å². The first-order valence-electron chi connectivity index (χ1n) is 8.88. The zero-order valence-electron chi connectivity index (χ0n) is 16.5. The number of sulfonamides is 1. The lowest BCUT2D eigenvalue weighted by atomic mass is 9.87. The van der Waals surface area contributed by atoms with Crippen molar-refractivity contribution in [2.75, 3.05) is 5.32 Å². The Balaban J connectivity index is 2.20. The normalized spacial score (nSPS) is 14.3. The molecule has 0 heterocycles. The Morgan fingerprint density at radius 3 is 2.10 bits per heavy atom. The van der Waals surface area contributed by atoms with Crippen LogP contribution < -0.4 is 10.0 Å². The number of hydrogen-bond acceptors (Lipinski definition) is 4. The number of aliphatic hydroxyl groups is 1. The quantitative estimate of drug-likeness (QED) is 0.610. The molecule has 158 valence electrons. The van der Waals surface area contributed by atoms with Gasteiger partial charge in [0.05, 0.1) is 21.0 Å². The Hall–Kier alpha value is -1.64. The molecule has 0 aromatic heterocycles. The van der Waals surface area contributed by atoms with E-state index in [0.717, 1.165) is 5.56 Å². The van der Waals surface area contributed by atoms with E-state index in [1.165, 1.54) is 25.1 Å². The van der Waals surface area contributed by atoms with E-state index < -0.39 is 28.1 Å². The summed E-state index contributed by atoms with van der Waals surface area (Å²) in [7, 11) is -4.12. The first-order valence-corrected chi connectivity index (χ1v) is 11.1. The maximum Gasteiger partial charge on any atom is 0.245 e. The Labute approximate surface area is 181 Å². The van der Waals surface area contributed by atoms with Gasteiger partial charge >= 0.3 is 0 Å². The molecule has 0 radical (unpaired) electrons. The zero-order valence-corrected chi connectivity index (χ0v) is 18.9. The number of aliphatic hydroxyl groups excluding tert-OH is 1. The molecule has 2 aromatic rings. The highest BCUT2D eigenvalue weighted by molar-refractivity contribution is 7.89. The number of carbonyl (C=O) groups is 1. The maximum atomic E-state index is 12.6. The molecule has 2 unspecified atom stereocenters. The minimum Gasteiger partial charge on any atom is -0.391 e. The van der Waals surface area contributed by atoms with E-state index in [1.54, 1.807) is 12.1 Å². The van der Waals surface area contributed by atoms with Crippen molar-refractivity contribution in [1.82, 2.24) is 4.72 Å². The number of nitrogens with one attached hydrogen (secondary N) is 2. The van der Waals surface area contributed by atoms with Crippen molar-refractivity contribution in [1.29, 1.82) is 0 Å². The Kier molecular flexibility index (Phi) is 7.35. The molecular weight excluding hydrogens is 435 g/mol. The second kappa shape index (κ2) is 9.02. The van der Waals surface area contributed by atoms with E-state index in [-0.39, 0.29) is 20.4 Å². The van der Waals surface area contributed by atoms with Crippen molar-refractivity contribution in [3.05, 3.63) is 58.1 Å². The van der Waals surface area contributed by atoms with Crippen LogP contribution in [0, 0.1) is 0 Å². The number of hydrogen-bond donors (Lipinski definition) is 3. The summed E-state index contributed by atoms with van der Waals surface area (Å²) in [6.45, 7) is 7.54. The van der Waals surface area contributed by atoms with Crippen LogP contribution in [0.5, 0.6) is 0 Å². The standard InChI is InChI=1S/C20H24Cl2N2O4S/c1-12(25)18(24-29(27,28)15-9-10-16(21)17(22)11-15)19(26)23-14-7-5-13(6-8-14)20(2,3)4/h5-12,18,24-25H,1-4H3,(H,23,26). The van der Waals surface area contributed by atoms with Gasteiger partial charge in [-0.1, -0.05) is 56.1 Å². The highest BCUT2D eigenvalue weighted by Gasteiger charge is 2.30. The number of anilines is 1. The predicted molar refractivity (Wildman–Crippen MR) is 116 cm³/mol. The van der Waals surface area contributed by atoms with Crippen LogP contribution in [-0.4, -0.2) is 31.6 Å². The highest BCUT2D eigenvalue weighted by Crippen LogP contribution is 2.25. The molecule has 0 saturated heterocycles. The van der Waals surface area contributed by atoms with Gasteiger partial charge < -0.3 is 10.4 Å². The summed E-state index contributed by atoms with van der Waals surface area (Å²) >= 11 is 11.7. The largest absolute Gasteiger partial charge is 0.391 e. The fourth-order valence-electron chi connectivity index (χ4n) is 2.52. The van der Waals surface area contributed by atoms with E-state index in [2.05, 4.69) is 30.8 Å². The van der Waals surface area contributed by atoms with Gasteiger partial charge in [0.25, 0.3) is 0 Å². The van der Waals surface area contributed by atoms with Gasteiger partial charge in [0.1, 0.15) is 6.04 Å². The average molecular weight is 459 g/mol. The summed E-state index contributed by atoms with van der Waals surface area (Å²) in [5, 5.41) is 12.9. The number of halogens is 2. The van der Waals surface area contributed by atoms with E-state index in [9.17, 15) is 18.3 Å². The summed E-state index contributed by atoms with van der Waals surface area (Å²) in [6, 6.07) is 9.59. The average Bonchev–Trinajstić information content (AvgIpc) is 2.61. The monoisotopic (exact) mass is 458 g/mol. The second-order valence-electron chi connectivity index (χ2n) is 7.73. The molecule has 0 fully saturated rings. The van der Waals surface area contributed by atoms with Gasteiger partial charge in [-0.15, -0.1) is 0 Å². The molecule has 29 heavy (non-hydrogen) atoms. The minimum atomic E-state index is -4.12. The molecule has 1 amide bonds. The lowest BCUT2D eigenvalue weighted by molar-refractivity contribution is -0.119. The third-order valence-corrected chi connectivity index (χ3v) is 6.44. The first-order chi connectivity index (χ1) is 13.3. The van der Waals surface area contributed by atoms with Crippen molar-refractivity contribution in [2.24, 2.45) is 0 Å². The molecule has 2 aromatic carbocycles. The van der Waals surface area contributed by atoms with Crippen molar-refractivity contribution in [3.8, 4) is 0 Å². The topological polar surface area (TPSA) is 95.5 Å². The van der Waals surface area contributed by atoms with Gasteiger partial charge in [-0.2, -0.15) is 4.72 Å². The van der Waals surface area contributed by atoms with Crippen LogP contribution in [-0.2, 0) is 20.2 Å². The number of carbonyl (C=O) groups excluding carboxylic acids is 1. The molecular formula is C20H24Cl2N2O4S. The molecule has 6 nitrogen and oxygen atoms in total. The lowest BCUT2D eigenvalue weighted by Gasteiger charge is -2.22. The number of benzene rings is 2. The molecule has 0 saturated carbocycles. The van der Waals surface area contributed by atoms with E-state index in [1.807, 2.05) is 12.1 Å². The molecule has 0 spiro atoms. The molecule has 0 aliphatic heterocycles. The maximum absolute atomic E-state index is 12.6. The molecule has 2 rings (SSSR count). The third-order valence-electron chi connectivity index (χ3n) is 4.27. The smallest absolute Gasteiger partial charge is 0.245 e. The van der Waals surface area contributed by atoms with E-state index in [0.29, 0.717) is 5.69 Å². The summed E-state index contributed by atoms with van der Waals surface area (Å²) in [4.78, 5) is 12.5. The molecule has 0 bridgehead atoms. The van der Waals surface area contributed by atoms with Crippen LogP contribution in [0.2, 0.25) is 10.0 Å². The van der Waals surface area contributed by atoms with Crippen molar-refractivity contribution < 1.29 is 18.3 Å². The van der Waals surface area contributed by atoms with Crippen LogP contribution >= 0.6 is 23.2 Å². The van der Waals surface area contributed by atoms with Gasteiger partial charge in [0.2, 0.25) is 15.9 Å². The minimum absolute atomic E-state index is 0.0415. The van der Waals surface area contributed by atoms with E-state index in [4.69, 9.17) is 23.2 Å². The van der Waals surface area contributed by atoms with Crippen LogP contribution in [0.3, 0.4) is 0 Å². The third kappa shape index (κ3) is 6.17. The van der Waals surface area contributed by atoms with Gasteiger partial charge in [-0.05, 0) is 48.2 Å². The SMILES string of the molecule is CC(O)C(NS(=O)(=O)c1ccc(Cl)c(Cl)c1)C(=O)Nc1ccc(C(C)(C)C)cc1. The van der Waals surface area contributed by atoms with Gasteiger partial charge in [-0.3, -0.25) is 4.79 Å². The Morgan fingerprint density at radius 2 is 1.62 bits per heavy atom. The molecule has 9 heteroatoms. The van der Waals surface area contributed by atoms with E-state index >= 15 is 0 Å². The number of rotatable bonds is 6. The Bertz CT molecular complexity index is 985.